The zero-order valence-corrected chi connectivity index (χ0v) is 15.7. The van der Waals surface area contributed by atoms with E-state index in [4.69, 9.17) is 15.3 Å². The van der Waals surface area contributed by atoms with Crippen molar-refractivity contribution in [3.05, 3.63) is 12.2 Å². The third kappa shape index (κ3) is 15.7. The van der Waals surface area contributed by atoms with Gasteiger partial charge in [-0.05, 0) is 38.5 Å². The molecular formula is C20H34O6. The molecule has 0 amide bonds. The van der Waals surface area contributed by atoms with E-state index in [1.54, 1.807) is 0 Å². The third-order valence-electron chi connectivity index (χ3n) is 4.39. The Morgan fingerprint density at radius 2 is 1.04 bits per heavy atom. The lowest BCUT2D eigenvalue weighted by molar-refractivity contribution is -0.154. The molecule has 150 valence electrons. The molecule has 3 N–H and O–H groups in total. The fraction of sp³-hybridized carbons (Fsp3) is 0.750. The lowest BCUT2D eigenvalue weighted by atomic mass is 10.0. The number of carboxylic acids is 3. The summed E-state index contributed by atoms with van der Waals surface area (Å²) in [5, 5.41) is 26.1. The van der Waals surface area contributed by atoms with Crippen molar-refractivity contribution in [1.82, 2.24) is 0 Å². The van der Waals surface area contributed by atoms with Crippen molar-refractivity contribution < 1.29 is 29.7 Å². The first-order chi connectivity index (χ1) is 12.4. The standard InChI is InChI=1S/C20H34O6/c21-18(22)16-14-12-10-8-6-4-2-1-3-5-7-9-11-13-15-17(19(23)24)20(25)26/h1,3,17H,2,4-16H2,(H,21,22)(H,23,24)(H,25,26). The molecule has 0 radical (unpaired) electrons. The molecule has 6 nitrogen and oxygen atoms in total. The molecule has 0 unspecified atom stereocenters. The molecule has 0 rings (SSSR count). The van der Waals surface area contributed by atoms with Crippen LogP contribution in [0, 0.1) is 5.92 Å². The van der Waals surface area contributed by atoms with Crippen LogP contribution in [-0.2, 0) is 14.4 Å². The molecule has 0 aliphatic heterocycles. The topological polar surface area (TPSA) is 112 Å². The molecule has 0 aromatic heterocycles. The maximum Gasteiger partial charge on any atom is 0.317 e. The summed E-state index contributed by atoms with van der Waals surface area (Å²) in [5.41, 5.74) is 0. The van der Waals surface area contributed by atoms with Crippen LogP contribution in [0.15, 0.2) is 12.2 Å². The fourth-order valence-corrected chi connectivity index (χ4v) is 2.80. The van der Waals surface area contributed by atoms with Gasteiger partial charge in [-0.1, -0.05) is 57.1 Å². The minimum absolute atomic E-state index is 0.205. The van der Waals surface area contributed by atoms with Gasteiger partial charge in [-0.25, -0.2) is 0 Å². The summed E-state index contributed by atoms with van der Waals surface area (Å²) in [6, 6.07) is 0. The van der Waals surface area contributed by atoms with Gasteiger partial charge in [-0.15, -0.1) is 0 Å². The van der Waals surface area contributed by atoms with Crippen LogP contribution in [-0.4, -0.2) is 33.2 Å². The van der Waals surface area contributed by atoms with Gasteiger partial charge in [0.1, 0.15) is 0 Å². The number of hydrogen-bond donors (Lipinski definition) is 3. The smallest absolute Gasteiger partial charge is 0.317 e. The maximum atomic E-state index is 10.7. The van der Waals surface area contributed by atoms with Crippen molar-refractivity contribution in [2.75, 3.05) is 0 Å². The summed E-state index contributed by atoms with van der Waals surface area (Å²) in [7, 11) is 0. The van der Waals surface area contributed by atoms with E-state index in [9.17, 15) is 14.4 Å². The van der Waals surface area contributed by atoms with Gasteiger partial charge in [-0.2, -0.15) is 0 Å². The molecule has 0 aliphatic carbocycles. The van der Waals surface area contributed by atoms with Gasteiger partial charge >= 0.3 is 17.9 Å². The quantitative estimate of drug-likeness (QED) is 0.180. The zero-order valence-electron chi connectivity index (χ0n) is 15.7. The molecular weight excluding hydrogens is 336 g/mol. The number of carbonyl (C=O) groups is 3. The first-order valence-corrected chi connectivity index (χ1v) is 9.77. The molecule has 0 aromatic rings. The summed E-state index contributed by atoms with van der Waals surface area (Å²) in [6.07, 6.45) is 16.9. The first kappa shape index (κ1) is 24.1. The molecule has 0 fully saturated rings. The van der Waals surface area contributed by atoms with Crippen LogP contribution in [0.25, 0.3) is 0 Å². The Morgan fingerprint density at radius 1 is 0.615 bits per heavy atom. The van der Waals surface area contributed by atoms with E-state index in [1.165, 1.54) is 19.3 Å². The molecule has 0 saturated heterocycles. The second kappa shape index (κ2) is 16.6. The molecule has 0 heterocycles. The number of carboxylic acid groups (broad SMARTS) is 3. The number of allylic oxidation sites excluding steroid dienone is 2. The predicted octanol–water partition coefficient (Wildman–Crippen LogP) is 4.87. The molecule has 6 heteroatoms. The van der Waals surface area contributed by atoms with E-state index in [0.29, 0.717) is 6.42 Å². The lowest BCUT2D eigenvalue weighted by Crippen LogP contribution is -2.23. The highest BCUT2D eigenvalue weighted by molar-refractivity contribution is 5.92. The second-order valence-electron chi connectivity index (χ2n) is 6.75. The van der Waals surface area contributed by atoms with Crippen LogP contribution in [0.4, 0.5) is 0 Å². The highest BCUT2D eigenvalue weighted by atomic mass is 16.4. The van der Waals surface area contributed by atoms with Crippen LogP contribution >= 0.6 is 0 Å². The van der Waals surface area contributed by atoms with Crippen LogP contribution in [0.2, 0.25) is 0 Å². The normalized spacial score (nSPS) is 11.3. The van der Waals surface area contributed by atoms with Crippen molar-refractivity contribution in [3.8, 4) is 0 Å². The van der Waals surface area contributed by atoms with E-state index >= 15 is 0 Å². The monoisotopic (exact) mass is 370 g/mol. The first-order valence-electron chi connectivity index (χ1n) is 9.77. The minimum atomic E-state index is -1.27. The number of aliphatic carboxylic acids is 3. The van der Waals surface area contributed by atoms with Crippen molar-refractivity contribution >= 4 is 17.9 Å². The van der Waals surface area contributed by atoms with Gasteiger partial charge in [0.05, 0.1) is 0 Å². The zero-order chi connectivity index (χ0) is 19.6. The second-order valence-corrected chi connectivity index (χ2v) is 6.75. The fourth-order valence-electron chi connectivity index (χ4n) is 2.80. The minimum Gasteiger partial charge on any atom is -0.481 e. The average Bonchev–Trinajstić information content (AvgIpc) is 2.56. The van der Waals surface area contributed by atoms with Gasteiger partial charge in [0.2, 0.25) is 0 Å². The molecule has 0 spiro atoms. The van der Waals surface area contributed by atoms with E-state index in [-0.39, 0.29) is 12.8 Å². The summed E-state index contributed by atoms with van der Waals surface area (Å²) in [6.45, 7) is 0. The Hall–Kier alpha value is -1.85. The molecule has 0 aromatic carbocycles. The van der Waals surface area contributed by atoms with Gasteiger partial charge in [0.15, 0.2) is 5.92 Å². The highest BCUT2D eigenvalue weighted by Gasteiger charge is 2.24. The van der Waals surface area contributed by atoms with Gasteiger partial charge in [0, 0.05) is 6.42 Å². The van der Waals surface area contributed by atoms with Crippen LogP contribution in [0.3, 0.4) is 0 Å². The Morgan fingerprint density at radius 3 is 1.50 bits per heavy atom. The summed E-state index contributed by atoms with van der Waals surface area (Å²) in [4.78, 5) is 31.8. The maximum absolute atomic E-state index is 10.7. The van der Waals surface area contributed by atoms with E-state index in [1.807, 2.05) is 0 Å². The number of hydrogen-bond acceptors (Lipinski definition) is 3. The van der Waals surface area contributed by atoms with Crippen LogP contribution < -0.4 is 0 Å². The third-order valence-corrected chi connectivity index (χ3v) is 4.39. The predicted molar refractivity (Wildman–Crippen MR) is 100 cm³/mol. The molecule has 0 saturated carbocycles. The van der Waals surface area contributed by atoms with Gasteiger partial charge in [0.25, 0.3) is 0 Å². The highest BCUT2D eigenvalue weighted by Crippen LogP contribution is 2.13. The Kier molecular flexibility index (Phi) is 15.4. The van der Waals surface area contributed by atoms with Crippen molar-refractivity contribution in [2.45, 2.75) is 89.9 Å². The molecule has 26 heavy (non-hydrogen) atoms. The average molecular weight is 370 g/mol. The molecule has 0 atom stereocenters. The molecule has 0 bridgehead atoms. The van der Waals surface area contributed by atoms with E-state index < -0.39 is 23.8 Å². The van der Waals surface area contributed by atoms with Crippen LogP contribution in [0.1, 0.15) is 89.9 Å². The van der Waals surface area contributed by atoms with Crippen LogP contribution in [0.5, 0.6) is 0 Å². The van der Waals surface area contributed by atoms with Crippen molar-refractivity contribution in [1.29, 1.82) is 0 Å². The van der Waals surface area contributed by atoms with Crippen molar-refractivity contribution in [2.24, 2.45) is 5.92 Å². The number of unbranched alkanes of at least 4 members (excludes halogenated alkanes) is 10. The Bertz CT molecular complexity index is 416. The Balaban J connectivity index is 3.35. The Labute approximate surface area is 156 Å². The van der Waals surface area contributed by atoms with E-state index in [0.717, 1.165) is 51.4 Å². The largest absolute Gasteiger partial charge is 0.481 e. The lowest BCUT2D eigenvalue weighted by Gasteiger charge is -2.06. The molecule has 0 aliphatic rings. The number of rotatable bonds is 18. The summed E-state index contributed by atoms with van der Waals surface area (Å²) >= 11 is 0. The summed E-state index contributed by atoms with van der Waals surface area (Å²) < 4.78 is 0. The van der Waals surface area contributed by atoms with E-state index in [2.05, 4.69) is 12.2 Å². The SMILES string of the molecule is O=C(O)CCCCCCCCC=CCCCCCCC(C(=O)O)C(=O)O. The summed E-state index contributed by atoms with van der Waals surface area (Å²) in [5.74, 6) is -4.48. The van der Waals surface area contributed by atoms with Crippen molar-refractivity contribution in [3.63, 3.8) is 0 Å². The van der Waals surface area contributed by atoms with Gasteiger partial charge < -0.3 is 15.3 Å². The van der Waals surface area contributed by atoms with Gasteiger partial charge in [-0.3, -0.25) is 14.4 Å².